The zero-order valence-electron chi connectivity index (χ0n) is 14.0. The molecule has 1 aromatic carbocycles. The average Bonchev–Trinajstić information content (AvgIpc) is 2.85. The van der Waals surface area contributed by atoms with Gasteiger partial charge in [0.2, 0.25) is 0 Å². The van der Waals surface area contributed by atoms with E-state index in [-0.39, 0.29) is 29.4 Å². The molecule has 0 aliphatic carbocycles. The lowest BCUT2D eigenvalue weighted by atomic mass is 10.1. The molecular weight excluding hydrogens is 328 g/mol. The monoisotopic (exact) mass is 352 g/mol. The molecule has 1 heterocycles. The van der Waals surface area contributed by atoms with Crippen LogP contribution in [0.4, 0.5) is 0 Å². The molecule has 1 aliphatic heterocycles. The lowest BCUT2D eigenvalue weighted by Crippen LogP contribution is -2.35. The van der Waals surface area contributed by atoms with Gasteiger partial charge in [-0.2, -0.15) is 0 Å². The Kier molecular flexibility index (Phi) is 5.99. The quantitative estimate of drug-likeness (QED) is 0.809. The molecule has 2 amide bonds. The van der Waals surface area contributed by atoms with Gasteiger partial charge in [0.05, 0.1) is 11.5 Å². The molecule has 1 unspecified atom stereocenters. The number of nitrogens with one attached hydrogen (secondary N) is 2. The summed E-state index contributed by atoms with van der Waals surface area (Å²) in [6, 6.07) is 6.03. The van der Waals surface area contributed by atoms with Crippen LogP contribution >= 0.6 is 0 Å². The van der Waals surface area contributed by atoms with Gasteiger partial charge < -0.3 is 10.6 Å². The lowest BCUT2D eigenvalue weighted by Gasteiger charge is -2.11. The van der Waals surface area contributed by atoms with Crippen LogP contribution in [0.2, 0.25) is 0 Å². The van der Waals surface area contributed by atoms with Gasteiger partial charge in [-0.15, -0.1) is 0 Å². The normalized spacial score (nSPS) is 19.2. The number of rotatable bonds is 6. The Labute approximate surface area is 142 Å². The Hall–Kier alpha value is -1.89. The molecule has 7 heteroatoms. The fourth-order valence-electron chi connectivity index (χ4n) is 2.53. The van der Waals surface area contributed by atoms with E-state index in [1.165, 1.54) is 0 Å². The van der Waals surface area contributed by atoms with Gasteiger partial charge in [-0.05, 0) is 43.0 Å². The Bertz CT molecular complexity index is 696. The first-order chi connectivity index (χ1) is 11.3. The third-order valence-corrected chi connectivity index (χ3v) is 5.75. The largest absolute Gasteiger partial charge is 0.352 e. The summed E-state index contributed by atoms with van der Waals surface area (Å²) in [4.78, 5) is 24.1. The van der Waals surface area contributed by atoms with Crippen LogP contribution in [-0.4, -0.2) is 44.3 Å². The van der Waals surface area contributed by atoms with Crippen LogP contribution in [0.5, 0.6) is 0 Å². The van der Waals surface area contributed by atoms with Crippen LogP contribution in [0, 0.1) is 5.92 Å². The van der Waals surface area contributed by atoms with Crippen LogP contribution < -0.4 is 10.6 Å². The number of amides is 2. The maximum Gasteiger partial charge on any atom is 0.251 e. The number of hydrogen-bond donors (Lipinski definition) is 2. The number of sulfone groups is 1. The maximum atomic E-state index is 12.1. The van der Waals surface area contributed by atoms with Crippen LogP contribution in [-0.2, 0) is 9.84 Å². The Balaban J connectivity index is 1.89. The van der Waals surface area contributed by atoms with Crippen LogP contribution in [0.15, 0.2) is 24.3 Å². The third-order valence-electron chi connectivity index (χ3n) is 3.98. The molecule has 1 atom stereocenters. The molecule has 0 aromatic heterocycles. The Morgan fingerprint density at radius 2 is 1.71 bits per heavy atom. The van der Waals surface area contributed by atoms with E-state index < -0.39 is 9.84 Å². The van der Waals surface area contributed by atoms with Crippen LogP contribution in [0.3, 0.4) is 0 Å². The van der Waals surface area contributed by atoms with E-state index in [0.717, 1.165) is 6.42 Å². The molecule has 0 bridgehead atoms. The highest BCUT2D eigenvalue weighted by Crippen LogP contribution is 2.12. The number of carbonyl (C=O) groups excluding carboxylic acids is 2. The van der Waals surface area contributed by atoms with Crippen molar-refractivity contribution < 1.29 is 18.0 Å². The summed E-state index contributed by atoms with van der Waals surface area (Å²) >= 11 is 0. The second kappa shape index (κ2) is 7.79. The number of carbonyl (C=O) groups is 2. The Morgan fingerprint density at radius 1 is 1.12 bits per heavy atom. The van der Waals surface area contributed by atoms with Gasteiger partial charge in [-0.1, -0.05) is 13.8 Å². The predicted molar refractivity (Wildman–Crippen MR) is 92.8 cm³/mol. The van der Waals surface area contributed by atoms with Crippen molar-refractivity contribution >= 4 is 21.7 Å². The molecule has 0 radical (unpaired) electrons. The van der Waals surface area contributed by atoms with Gasteiger partial charge in [-0.25, -0.2) is 8.42 Å². The summed E-state index contributed by atoms with van der Waals surface area (Å²) in [5, 5.41) is 5.57. The Morgan fingerprint density at radius 3 is 2.21 bits per heavy atom. The number of hydrogen-bond acceptors (Lipinski definition) is 4. The molecule has 6 nitrogen and oxygen atoms in total. The minimum absolute atomic E-state index is 0.00488. The molecule has 2 rings (SSSR count). The minimum Gasteiger partial charge on any atom is -0.352 e. The topological polar surface area (TPSA) is 92.3 Å². The highest BCUT2D eigenvalue weighted by atomic mass is 32.2. The van der Waals surface area contributed by atoms with Crippen molar-refractivity contribution in [3.63, 3.8) is 0 Å². The molecule has 1 aromatic rings. The molecule has 0 spiro atoms. The van der Waals surface area contributed by atoms with E-state index in [0.29, 0.717) is 30.0 Å². The smallest absolute Gasteiger partial charge is 0.251 e. The van der Waals surface area contributed by atoms with Crippen molar-refractivity contribution in [3.05, 3.63) is 35.4 Å². The standard InChI is InChI=1S/C17H24N2O4S/c1-12(2)7-9-18-16(20)13-3-5-14(6-4-13)17(21)19-15-8-10-24(22,23)11-15/h3-6,12,15H,7-11H2,1-2H3,(H,18,20)(H,19,21). The molecule has 24 heavy (non-hydrogen) atoms. The maximum absolute atomic E-state index is 12.1. The summed E-state index contributed by atoms with van der Waals surface area (Å²) in [6.45, 7) is 4.80. The van der Waals surface area contributed by atoms with E-state index >= 15 is 0 Å². The summed E-state index contributed by atoms with van der Waals surface area (Å²) in [5.74, 6) is 0.159. The fraction of sp³-hybridized carbons (Fsp3) is 0.529. The van der Waals surface area contributed by atoms with Gasteiger partial charge in [0.15, 0.2) is 9.84 Å². The summed E-state index contributed by atoms with van der Waals surface area (Å²) in [6.07, 6.45) is 1.36. The van der Waals surface area contributed by atoms with E-state index in [9.17, 15) is 18.0 Å². The van der Waals surface area contributed by atoms with E-state index in [1.54, 1.807) is 24.3 Å². The molecule has 2 N–H and O–H groups in total. The summed E-state index contributed by atoms with van der Waals surface area (Å²) < 4.78 is 22.8. The zero-order chi connectivity index (χ0) is 17.7. The lowest BCUT2D eigenvalue weighted by molar-refractivity contribution is 0.0933. The summed E-state index contributed by atoms with van der Waals surface area (Å²) in [5.41, 5.74) is 0.914. The van der Waals surface area contributed by atoms with Crippen LogP contribution in [0.1, 0.15) is 47.4 Å². The molecule has 1 aliphatic rings. The molecule has 0 saturated carbocycles. The van der Waals surface area contributed by atoms with E-state index in [1.807, 2.05) is 0 Å². The predicted octanol–water partition coefficient (Wildman–Crippen LogP) is 1.38. The van der Waals surface area contributed by atoms with Crippen molar-refractivity contribution in [2.45, 2.75) is 32.7 Å². The second-order valence-corrected chi connectivity index (χ2v) is 8.82. The first kappa shape index (κ1) is 18.4. The van der Waals surface area contributed by atoms with Crippen molar-refractivity contribution in [3.8, 4) is 0 Å². The van der Waals surface area contributed by atoms with E-state index in [2.05, 4.69) is 24.5 Å². The van der Waals surface area contributed by atoms with Crippen molar-refractivity contribution in [1.82, 2.24) is 10.6 Å². The minimum atomic E-state index is -3.02. The second-order valence-electron chi connectivity index (χ2n) is 6.59. The molecular formula is C17H24N2O4S. The van der Waals surface area contributed by atoms with E-state index in [4.69, 9.17) is 0 Å². The van der Waals surface area contributed by atoms with Gasteiger partial charge >= 0.3 is 0 Å². The fourth-order valence-corrected chi connectivity index (χ4v) is 4.20. The molecule has 1 fully saturated rings. The molecule has 1 saturated heterocycles. The van der Waals surface area contributed by atoms with Crippen molar-refractivity contribution in [2.75, 3.05) is 18.1 Å². The van der Waals surface area contributed by atoms with Gasteiger partial charge in [-0.3, -0.25) is 9.59 Å². The number of benzene rings is 1. The van der Waals surface area contributed by atoms with Gasteiger partial charge in [0.1, 0.15) is 0 Å². The average molecular weight is 352 g/mol. The highest BCUT2D eigenvalue weighted by Gasteiger charge is 2.29. The van der Waals surface area contributed by atoms with Crippen molar-refractivity contribution in [2.24, 2.45) is 5.92 Å². The molecule has 132 valence electrons. The zero-order valence-corrected chi connectivity index (χ0v) is 14.9. The SMILES string of the molecule is CC(C)CCNC(=O)c1ccc(C(=O)NC2CCS(=O)(=O)C2)cc1. The summed E-state index contributed by atoms with van der Waals surface area (Å²) in [7, 11) is -3.02. The third kappa shape index (κ3) is 5.33. The van der Waals surface area contributed by atoms with Crippen LogP contribution in [0.25, 0.3) is 0 Å². The highest BCUT2D eigenvalue weighted by molar-refractivity contribution is 7.91. The van der Waals surface area contributed by atoms with Gasteiger partial charge in [0.25, 0.3) is 11.8 Å². The first-order valence-electron chi connectivity index (χ1n) is 8.16. The first-order valence-corrected chi connectivity index (χ1v) is 9.98. The van der Waals surface area contributed by atoms with Gasteiger partial charge in [0, 0.05) is 23.7 Å². The van der Waals surface area contributed by atoms with Crippen molar-refractivity contribution in [1.29, 1.82) is 0 Å².